The summed E-state index contributed by atoms with van der Waals surface area (Å²) in [6.45, 7) is 4.82. The number of para-hydroxylation sites is 1. The van der Waals surface area contributed by atoms with Crippen LogP contribution in [0.2, 0.25) is 0 Å². The Morgan fingerprint density at radius 3 is 2.60 bits per heavy atom. The van der Waals surface area contributed by atoms with E-state index in [4.69, 9.17) is 0 Å². The van der Waals surface area contributed by atoms with E-state index in [1.54, 1.807) is 0 Å². The van der Waals surface area contributed by atoms with Crippen molar-refractivity contribution in [2.24, 2.45) is 11.8 Å². The van der Waals surface area contributed by atoms with Crippen molar-refractivity contribution >= 4 is 5.69 Å². The maximum Gasteiger partial charge on any atom is 0.0371 e. The highest BCUT2D eigenvalue weighted by atomic mass is 15.2. The van der Waals surface area contributed by atoms with Crippen molar-refractivity contribution in [3.05, 3.63) is 30.3 Å². The molecule has 1 saturated heterocycles. The molecular weight excluding hydrogens is 242 g/mol. The van der Waals surface area contributed by atoms with Crippen molar-refractivity contribution in [3.63, 3.8) is 0 Å². The molecule has 1 heterocycles. The Morgan fingerprint density at radius 1 is 1.05 bits per heavy atom. The molecule has 0 spiro atoms. The molecule has 0 bridgehead atoms. The molecule has 0 amide bonds. The topological polar surface area (TPSA) is 3.24 Å². The third-order valence-electron chi connectivity index (χ3n) is 5.64. The molecule has 20 heavy (non-hydrogen) atoms. The van der Waals surface area contributed by atoms with Gasteiger partial charge < -0.3 is 4.90 Å². The minimum Gasteiger partial charge on any atom is -0.365 e. The number of benzene rings is 1. The molecule has 0 radical (unpaired) electrons. The lowest BCUT2D eigenvalue weighted by Gasteiger charge is -2.52. The minimum atomic E-state index is 0.772. The standard InChI is InChI=1S/C19H29N/c1-3-8-16-13-14-18-15(2)9-7-12-19(18)20(16)17-10-5-4-6-11-17/h4-6,10-11,15-16,18-19H,3,7-9,12-14H2,1-2H3/t15-,16+,18+,19-/m1/s1. The lowest BCUT2D eigenvalue weighted by molar-refractivity contribution is 0.152. The minimum absolute atomic E-state index is 0.772. The molecule has 110 valence electrons. The van der Waals surface area contributed by atoms with Gasteiger partial charge in [0.15, 0.2) is 0 Å². The molecule has 0 aromatic heterocycles. The Hall–Kier alpha value is -0.980. The highest BCUT2D eigenvalue weighted by Crippen LogP contribution is 2.43. The number of anilines is 1. The zero-order valence-electron chi connectivity index (χ0n) is 13.1. The first-order valence-corrected chi connectivity index (χ1v) is 8.64. The Labute approximate surface area is 124 Å². The first-order valence-electron chi connectivity index (χ1n) is 8.64. The van der Waals surface area contributed by atoms with Gasteiger partial charge in [-0.2, -0.15) is 0 Å². The van der Waals surface area contributed by atoms with E-state index < -0.39 is 0 Å². The molecule has 1 aromatic rings. The smallest absolute Gasteiger partial charge is 0.0371 e. The number of fused-ring (bicyclic) bond motifs is 1. The zero-order valence-corrected chi connectivity index (χ0v) is 13.1. The van der Waals surface area contributed by atoms with E-state index in [9.17, 15) is 0 Å². The van der Waals surface area contributed by atoms with Crippen LogP contribution in [0.15, 0.2) is 30.3 Å². The van der Waals surface area contributed by atoms with Crippen LogP contribution in [0.1, 0.15) is 58.8 Å². The molecule has 0 unspecified atom stereocenters. The number of nitrogens with zero attached hydrogens (tertiary/aromatic N) is 1. The van der Waals surface area contributed by atoms with Crippen LogP contribution in [0, 0.1) is 11.8 Å². The van der Waals surface area contributed by atoms with Gasteiger partial charge in [-0.05, 0) is 49.7 Å². The van der Waals surface area contributed by atoms with Gasteiger partial charge in [0, 0.05) is 17.8 Å². The van der Waals surface area contributed by atoms with E-state index in [1.165, 1.54) is 50.6 Å². The van der Waals surface area contributed by atoms with Crippen LogP contribution < -0.4 is 4.90 Å². The maximum atomic E-state index is 2.81. The molecule has 1 saturated carbocycles. The van der Waals surface area contributed by atoms with Gasteiger partial charge >= 0.3 is 0 Å². The van der Waals surface area contributed by atoms with Crippen molar-refractivity contribution < 1.29 is 0 Å². The molecule has 3 rings (SSSR count). The lowest BCUT2D eigenvalue weighted by Crippen LogP contribution is -2.54. The number of hydrogen-bond donors (Lipinski definition) is 0. The third kappa shape index (κ3) is 2.60. The monoisotopic (exact) mass is 271 g/mol. The summed E-state index contributed by atoms with van der Waals surface area (Å²) in [6.07, 6.45) is 9.79. The van der Waals surface area contributed by atoms with Gasteiger partial charge in [0.05, 0.1) is 0 Å². The van der Waals surface area contributed by atoms with Crippen LogP contribution in [0.4, 0.5) is 5.69 Å². The quantitative estimate of drug-likeness (QED) is 0.724. The van der Waals surface area contributed by atoms with Crippen LogP contribution >= 0.6 is 0 Å². The van der Waals surface area contributed by atoms with Crippen LogP contribution in [0.3, 0.4) is 0 Å². The Bertz CT molecular complexity index is 413. The van der Waals surface area contributed by atoms with Crippen LogP contribution in [0.25, 0.3) is 0 Å². The second-order valence-corrected chi connectivity index (χ2v) is 6.90. The van der Waals surface area contributed by atoms with Gasteiger partial charge in [-0.1, -0.05) is 51.3 Å². The maximum absolute atomic E-state index is 2.81. The predicted octanol–water partition coefficient (Wildman–Crippen LogP) is 5.26. The second-order valence-electron chi connectivity index (χ2n) is 6.90. The van der Waals surface area contributed by atoms with Crippen LogP contribution in [0.5, 0.6) is 0 Å². The molecule has 1 aliphatic carbocycles. The average molecular weight is 271 g/mol. The lowest BCUT2D eigenvalue weighted by atomic mass is 9.70. The molecule has 0 N–H and O–H groups in total. The fourth-order valence-corrected chi connectivity index (χ4v) is 4.69. The van der Waals surface area contributed by atoms with Crippen molar-refractivity contribution in [1.82, 2.24) is 0 Å². The highest BCUT2D eigenvalue weighted by Gasteiger charge is 2.40. The molecule has 2 fully saturated rings. The number of hydrogen-bond acceptors (Lipinski definition) is 1. The summed E-state index contributed by atoms with van der Waals surface area (Å²) in [4.78, 5) is 2.81. The molecule has 4 atom stereocenters. The fraction of sp³-hybridized carbons (Fsp3) is 0.684. The normalized spacial score (nSPS) is 33.8. The number of piperidine rings is 1. The van der Waals surface area contributed by atoms with Gasteiger partial charge in [-0.3, -0.25) is 0 Å². The van der Waals surface area contributed by atoms with E-state index in [1.807, 2.05) is 0 Å². The molecule has 1 nitrogen and oxygen atoms in total. The largest absolute Gasteiger partial charge is 0.365 e. The summed E-state index contributed by atoms with van der Waals surface area (Å²) < 4.78 is 0. The van der Waals surface area contributed by atoms with Gasteiger partial charge in [0.25, 0.3) is 0 Å². The summed E-state index contributed by atoms with van der Waals surface area (Å²) in [5, 5.41) is 0. The number of rotatable bonds is 3. The predicted molar refractivity (Wildman–Crippen MR) is 87.1 cm³/mol. The summed E-state index contributed by atoms with van der Waals surface area (Å²) in [7, 11) is 0. The molecule has 1 aliphatic heterocycles. The van der Waals surface area contributed by atoms with E-state index in [0.717, 1.165) is 23.9 Å². The fourth-order valence-electron chi connectivity index (χ4n) is 4.69. The van der Waals surface area contributed by atoms with Gasteiger partial charge in [-0.15, -0.1) is 0 Å². The van der Waals surface area contributed by atoms with E-state index in [2.05, 4.69) is 49.1 Å². The molecular formula is C19H29N. The first kappa shape index (κ1) is 14.0. The third-order valence-corrected chi connectivity index (χ3v) is 5.64. The van der Waals surface area contributed by atoms with Crippen LogP contribution in [-0.4, -0.2) is 12.1 Å². The van der Waals surface area contributed by atoms with Crippen LogP contribution in [-0.2, 0) is 0 Å². The molecule has 1 heteroatoms. The van der Waals surface area contributed by atoms with Crippen molar-refractivity contribution in [2.75, 3.05) is 4.90 Å². The van der Waals surface area contributed by atoms with Gasteiger partial charge in [0.1, 0.15) is 0 Å². The van der Waals surface area contributed by atoms with E-state index >= 15 is 0 Å². The summed E-state index contributed by atoms with van der Waals surface area (Å²) >= 11 is 0. The zero-order chi connectivity index (χ0) is 13.9. The van der Waals surface area contributed by atoms with E-state index in [-0.39, 0.29) is 0 Å². The molecule has 2 aliphatic rings. The van der Waals surface area contributed by atoms with Crippen molar-refractivity contribution in [2.45, 2.75) is 70.9 Å². The second kappa shape index (κ2) is 6.20. The SMILES string of the molecule is CCC[C@H]1CC[C@H]2[C@H](C)CCC[C@H]2N1c1ccccc1. The van der Waals surface area contributed by atoms with Gasteiger partial charge in [0.2, 0.25) is 0 Å². The molecule has 1 aromatic carbocycles. The Balaban J connectivity index is 1.90. The Kier molecular flexibility index (Phi) is 4.33. The summed E-state index contributed by atoms with van der Waals surface area (Å²) in [5.41, 5.74) is 1.47. The Morgan fingerprint density at radius 2 is 1.85 bits per heavy atom. The average Bonchev–Trinajstić information content (AvgIpc) is 2.48. The summed E-state index contributed by atoms with van der Waals surface area (Å²) in [5.74, 6) is 1.85. The van der Waals surface area contributed by atoms with E-state index in [0.29, 0.717) is 0 Å². The van der Waals surface area contributed by atoms with Gasteiger partial charge in [-0.25, -0.2) is 0 Å². The summed E-state index contributed by atoms with van der Waals surface area (Å²) in [6, 6.07) is 12.8. The van der Waals surface area contributed by atoms with Crippen molar-refractivity contribution in [1.29, 1.82) is 0 Å². The van der Waals surface area contributed by atoms with Crippen molar-refractivity contribution in [3.8, 4) is 0 Å². The first-order chi connectivity index (χ1) is 9.81. The highest BCUT2D eigenvalue weighted by molar-refractivity contribution is 5.49.